The van der Waals surface area contributed by atoms with Gasteiger partial charge in [0.2, 0.25) is 0 Å². The SMILES string of the molecule is CCc1cccc(C(=O)ON2C(=O)c3ccccc3C2=O)n1. The Kier molecular flexibility index (Phi) is 3.42. The Balaban J connectivity index is 1.84. The van der Waals surface area contributed by atoms with Crippen LogP contribution in [0.3, 0.4) is 0 Å². The summed E-state index contributed by atoms with van der Waals surface area (Å²) >= 11 is 0. The van der Waals surface area contributed by atoms with Crippen LogP contribution in [0.5, 0.6) is 0 Å². The van der Waals surface area contributed by atoms with Gasteiger partial charge >= 0.3 is 5.97 Å². The molecule has 0 fully saturated rings. The van der Waals surface area contributed by atoms with E-state index < -0.39 is 17.8 Å². The van der Waals surface area contributed by atoms with Crippen molar-refractivity contribution in [2.24, 2.45) is 0 Å². The Morgan fingerprint density at radius 2 is 1.68 bits per heavy atom. The quantitative estimate of drug-likeness (QED) is 0.810. The summed E-state index contributed by atoms with van der Waals surface area (Å²) in [6.45, 7) is 1.90. The molecule has 6 heteroatoms. The topological polar surface area (TPSA) is 76.6 Å². The third kappa shape index (κ3) is 2.24. The van der Waals surface area contributed by atoms with Gasteiger partial charge in [-0.25, -0.2) is 9.78 Å². The molecule has 2 amide bonds. The van der Waals surface area contributed by atoms with E-state index in [9.17, 15) is 14.4 Å². The van der Waals surface area contributed by atoms with Crippen LogP contribution in [-0.4, -0.2) is 27.8 Å². The van der Waals surface area contributed by atoms with Crippen LogP contribution in [0.1, 0.15) is 43.8 Å². The molecule has 0 radical (unpaired) electrons. The third-order valence-electron chi connectivity index (χ3n) is 3.31. The van der Waals surface area contributed by atoms with Crippen LogP contribution in [0.2, 0.25) is 0 Å². The van der Waals surface area contributed by atoms with Crippen molar-refractivity contribution in [2.45, 2.75) is 13.3 Å². The first kappa shape index (κ1) is 13.9. The highest BCUT2D eigenvalue weighted by Gasteiger charge is 2.38. The maximum atomic E-state index is 12.1. The summed E-state index contributed by atoms with van der Waals surface area (Å²) in [5.41, 5.74) is 1.21. The van der Waals surface area contributed by atoms with Crippen LogP contribution in [-0.2, 0) is 11.3 Å². The standard InChI is InChI=1S/C16H12N2O4/c1-2-10-6-5-9-13(17-10)16(21)22-18-14(19)11-7-3-4-8-12(11)15(18)20/h3-9H,2H2,1H3. The Labute approximate surface area is 126 Å². The van der Waals surface area contributed by atoms with Gasteiger partial charge in [-0.05, 0) is 30.7 Å². The highest BCUT2D eigenvalue weighted by atomic mass is 16.7. The highest BCUT2D eigenvalue weighted by Crippen LogP contribution is 2.23. The van der Waals surface area contributed by atoms with Crippen LogP contribution in [0.25, 0.3) is 0 Å². The first-order chi connectivity index (χ1) is 10.6. The highest BCUT2D eigenvalue weighted by molar-refractivity contribution is 6.21. The molecule has 22 heavy (non-hydrogen) atoms. The lowest BCUT2D eigenvalue weighted by Gasteiger charge is -2.12. The van der Waals surface area contributed by atoms with E-state index in [-0.39, 0.29) is 16.8 Å². The summed E-state index contributed by atoms with van der Waals surface area (Å²) in [5, 5.41) is 0.479. The molecule has 6 nitrogen and oxygen atoms in total. The van der Waals surface area contributed by atoms with Gasteiger partial charge in [0.1, 0.15) is 0 Å². The largest absolute Gasteiger partial charge is 0.382 e. The number of aryl methyl sites for hydroxylation is 1. The van der Waals surface area contributed by atoms with E-state index in [0.29, 0.717) is 11.5 Å². The van der Waals surface area contributed by atoms with Crippen LogP contribution >= 0.6 is 0 Å². The van der Waals surface area contributed by atoms with E-state index in [1.807, 2.05) is 6.92 Å². The number of benzene rings is 1. The summed E-state index contributed by atoms with van der Waals surface area (Å²) in [6.07, 6.45) is 0.661. The van der Waals surface area contributed by atoms with Crippen LogP contribution in [0.15, 0.2) is 42.5 Å². The molecule has 0 atom stereocenters. The molecule has 0 aliphatic carbocycles. The van der Waals surface area contributed by atoms with Crippen LogP contribution < -0.4 is 0 Å². The molecular weight excluding hydrogens is 284 g/mol. The van der Waals surface area contributed by atoms with Crippen molar-refractivity contribution >= 4 is 17.8 Å². The van der Waals surface area contributed by atoms with Crippen molar-refractivity contribution in [3.8, 4) is 0 Å². The summed E-state index contributed by atoms with van der Waals surface area (Å²) in [4.78, 5) is 45.3. The molecule has 110 valence electrons. The third-order valence-corrected chi connectivity index (χ3v) is 3.31. The van der Waals surface area contributed by atoms with Gasteiger partial charge in [-0.1, -0.05) is 30.2 Å². The van der Waals surface area contributed by atoms with E-state index >= 15 is 0 Å². The minimum atomic E-state index is -0.843. The summed E-state index contributed by atoms with van der Waals surface area (Å²) < 4.78 is 0. The maximum Gasteiger partial charge on any atom is 0.382 e. The van der Waals surface area contributed by atoms with E-state index in [1.54, 1.807) is 24.3 Å². The Morgan fingerprint density at radius 3 is 2.27 bits per heavy atom. The Bertz CT molecular complexity index is 750. The number of hydroxylamine groups is 2. The number of hydrogen-bond acceptors (Lipinski definition) is 5. The number of carbonyl (C=O) groups excluding carboxylic acids is 3. The van der Waals surface area contributed by atoms with Crippen LogP contribution in [0, 0.1) is 0 Å². The number of pyridine rings is 1. The predicted molar refractivity (Wildman–Crippen MR) is 76.0 cm³/mol. The fourth-order valence-corrected chi connectivity index (χ4v) is 2.17. The molecule has 2 heterocycles. The zero-order valence-corrected chi connectivity index (χ0v) is 11.8. The molecule has 1 aliphatic heterocycles. The molecule has 2 aromatic rings. The summed E-state index contributed by atoms with van der Waals surface area (Å²) in [6, 6.07) is 11.2. The molecule has 0 spiro atoms. The second-order valence-electron chi connectivity index (χ2n) is 4.70. The molecule has 1 aliphatic rings. The number of nitrogens with zero attached hydrogens (tertiary/aromatic N) is 2. The van der Waals surface area contributed by atoms with Gasteiger partial charge in [-0.3, -0.25) is 9.59 Å². The molecule has 1 aromatic carbocycles. The van der Waals surface area contributed by atoms with E-state index in [1.165, 1.54) is 18.2 Å². The van der Waals surface area contributed by atoms with Gasteiger partial charge in [0.25, 0.3) is 11.8 Å². The fourth-order valence-electron chi connectivity index (χ4n) is 2.17. The van der Waals surface area contributed by atoms with Crippen molar-refractivity contribution in [3.05, 3.63) is 65.0 Å². The average Bonchev–Trinajstić information content (AvgIpc) is 2.80. The normalized spacial score (nSPS) is 13.2. The smallest absolute Gasteiger partial charge is 0.323 e. The van der Waals surface area contributed by atoms with Gasteiger partial charge in [-0.15, -0.1) is 0 Å². The average molecular weight is 296 g/mol. The monoisotopic (exact) mass is 296 g/mol. The summed E-state index contributed by atoms with van der Waals surface area (Å²) in [7, 11) is 0. The van der Waals surface area contributed by atoms with E-state index in [4.69, 9.17) is 4.84 Å². The van der Waals surface area contributed by atoms with Crippen molar-refractivity contribution in [1.29, 1.82) is 0 Å². The lowest BCUT2D eigenvalue weighted by molar-refractivity contribution is -0.0588. The second kappa shape index (κ2) is 5.40. The van der Waals surface area contributed by atoms with Crippen LogP contribution in [0.4, 0.5) is 0 Å². The predicted octanol–water partition coefficient (Wildman–Crippen LogP) is 2.01. The zero-order chi connectivity index (χ0) is 15.7. The van der Waals surface area contributed by atoms with Crippen molar-refractivity contribution in [3.63, 3.8) is 0 Å². The number of amides is 2. The number of hydrogen-bond donors (Lipinski definition) is 0. The first-order valence-electron chi connectivity index (χ1n) is 6.78. The van der Waals surface area contributed by atoms with Gasteiger partial charge < -0.3 is 4.84 Å². The van der Waals surface area contributed by atoms with Gasteiger partial charge in [0.05, 0.1) is 11.1 Å². The maximum absolute atomic E-state index is 12.1. The Morgan fingerprint density at radius 1 is 1.05 bits per heavy atom. The first-order valence-corrected chi connectivity index (χ1v) is 6.78. The lowest BCUT2D eigenvalue weighted by atomic mass is 10.1. The van der Waals surface area contributed by atoms with Crippen molar-refractivity contribution in [1.82, 2.24) is 10.0 Å². The lowest BCUT2D eigenvalue weighted by Crippen LogP contribution is -2.33. The Hall–Kier alpha value is -3.02. The number of imide groups is 1. The number of carbonyl (C=O) groups is 3. The molecule has 0 N–H and O–H groups in total. The molecule has 1 aromatic heterocycles. The molecule has 0 saturated heterocycles. The summed E-state index contributed by atoms with van der Waals surface area (Å²) in [5.74, 6) is -2.15. The van der Waals surface area contributed by atoms with Gasteiger partial charge in [0, 0.05) is 5.69 Å². The van der Waals surface area contributed by atoms with E-state index in [2.05, 4.69) is 4.98 Å². The van der Waals surface area contributed by atoms with Crippen molar-refractivity contribution < 1.29 is 19.2 Å². The molecule has 0 unspecified atom stereocenters. The fraction of sp³-hybridized carbons (Fsp3) is 0.125. The molecule has 3 rings (SSSR count). The molecular formula is C16H12N2O4. The number of fused-ring (bicyclic) bond motifs is 1. The minimum absolute atomic E-state index is 0.0518. The molecule has 0 bridgehead atoms. The minimum Gasteiger partial charge on any atom is -0.323 e. The second-order valence-corrected chi connectivity index (χ2v) is 4.70. The van der Waals surface area contributed by atoms with E-state index in [0.717, 1.165) is 5.69 Å². The number of rotatable bonds is 3. The van der Waals surface area contributed by atoms with Crippen molar-refractivity contribution in [2.75, 3.05) is 0 Å². The molecule has 0 saturated carbocycles. The van der Waals surface area contributed by atoms with Gasteiger partial charge in [-0.2, -0.15) is 0 Å². The zero-order valence-electron chi connectivity index (χ0n) is 11.8. The van der Waals surface area contributed by atoms with Gasteiger partial charge in [0.15, 0.2) is 5.69 Å². The number of aromatic nitrogens is 1.